The molecule has 21 heavy (non-hydrogen) atoms. The maximum atomic E-state index is 13.3. The van der Waals surface area contributed by atoms with Crippen LogP contribution >= 0.6 is 0 Å². The number of para-hydroxylation sites is 2. The van der Waals surface area contributed by atoms with Crippen LogP contribution in [-0.2, 0) is 13.5 Å². The molecule has 3 rings (SSSR count). The normalized spacial score (nSPS) is 12.8. The minimum atomic E-state index is -0.620. The molecule has 2 N–H and O–H groups in total. The van der Waals surface area contributed by atoms with Crippen molar-refractivity contribution in [3.05, 3.63) is 65.5 Å². The van der Waals surface area contributed by atoms with Gasteiger partial charge >= 0.3 is 0 Å². The lowest BCUT2D eigenvalue weighted by molar-refractivity contribution is 0.570. The summed E-state index contributed by atoms with van der Waals surface area (Å²) in [7, 11) is 1.91. The summed E-state index contributed by atoms with van der Waals surface area (Å²) in [5.41, 5.74) is 8.39. The fraction of sp³-hybridized carbons (Fsp3) is 0.188. The molecule has 0 aliphatic carbocycles. The zero-order chi connectivity index (χ0) is 15.0. The van der Waals surface area contributed by atoms with Gasteiger partial charge in [-0.3, -0.25) is 0 Å². The van der Waals surface area contributed by atoms with E-state index in [0.717, 1.165) is 22.9 Å². The van der Waals surface area contributed by atoms with Gasteiger partial charge in [-0.2, -0.15) is 0 Å². The molecule has 0 bridgehead atoms. The molecule has 0 saturated carbocycles. The number of aryl methyl sites for hydroxylation is 1. The number of aromatic nitrogens is 2. The van der Waals surface area contributed by atoms with Gasteiger partial charge in [-0.1, -0.05) is 12.1 Å². The molecule has 1 atom stereocenters. The molecule has 1 aromatic heterocycles. The van der Waals surface area contributed by atoms with Crippen molar-refractivity contribution >= 4 is 11.0 Å². The number of fused-ring (bicyclic) bond motifs is 1. The average molecular weight is 287 g/mol. The molecule has 0 fully saturated rings. The highest BCUT2D eigenvalue weighted by atomic mass is 19.1. The van der Waals surface area contributed by atoms with Crippen LogP contribution in [-0.4, -0.2) is 9.55 Å². The Bertz CT molecular complexity index is 775. The number of benzene rings is 2. The van der Waals surface area contributed by atoms with E-state index in [4.69, 9.17) is 5.73 Å². The molecule has 0 aliphatic heterocycles. The quantitative estimate of drug-likeness (QED) is 0.804. The maximum absolute atomic E-state index is 13.3. The Balaban J connectivity index is 1.92. The Kier molecular flexibility index (Phi) is 3.43. The first-order valence-corrected chi connectivity index (χ1v) is 6.66. The van der Waals surface area contributed by atoms with Gasteiger partial charge in [-0.05, 0) is 29.8 Å². The number of hydrogen-bond acceptors (Lipinski definition) is 2. The number of rotatable bonds is 3. The van der Waals surface area contributed by atoms with Crippen molar-refractivity contribution in [3.63, 3.8) is 0 Å². The minimum absolute atomic E-state index is 0.411. The van der Waals surface area contributed by atoms with Gasteiger partial charge in [0.1, 0.15) is 17.5 Å². The third kappa shape index (κ3) is 2.64. The number of hydrogen-bond donors (Lipinski definition) is 1. The second-order valence-corrected chi connectivity index (χ2v) is 5.09. The molecule has 0 radical (unpaired) electrons. The number of halogens is 2. The first kappa shape index (κ1) is 13.7. The standard InChI is InChI=1S/C16H15F2N3/c1-21-15-5-3-2-4-14(15)20-16(21)9-13(19)10-6-11(17)8-12(18)7-10/h2-8,13H,9,19H2,1H3. The summed E-state index contributed by atoms with van der Waals surface area (Å²) in [4.78, 5) is 4.52. The molecule has 108 valence electrons. The van der Waals surface area contributed by atoms with Crippen molar-refractivity contribution in [2.24, 2.45) is 12.8 Å². The molecule has 0 saturated heterocycles. The van der Waals surface area contributed by atoms with Crippen LogP contribution in [0.1, 0.15) is 17.4 Å². The van der Waals surface area contributed by atoms with Gasteiger partial charge in [-0.15, -0.1) is 0 Å². The minimum Gasteiger partial charge on any atom is -0.331 e. The fourth-order valence-electron chi connectivity index (χ4n) is 2.48. The lowest BCUT2D eigenvalue weighted by Gasteiger charge is -2.12. The van der Waals surface area contributed by atoms with Crippen LogP contribution in [0.15, 0.2) is 42.5 Å². The van der Waals surface area contributed by atoms with Crippen LogP contribution < -0.4 is 5.73 Å². The summed E-state index contributed by atoms with van der Waals surface area (Å²) < 4.78 is 28.5. The molecule has 1 unspecified atom stereocenters. The van der Waals surface area contributed by atoms with Gasteiger partial charge in [0.05, 0.1) is 11.0 Å². The summed E-state index contributed by atoms with van der Waals surface area (Å²) in [5.74, 6) is -0.454. The van der Waals surface area contributed by atoms with Crippen LogP contribution in [0.5, 0.6) is 0 Å². The van der Waals surface area contributed by atoms with E-state index in [-0.39, 0.29) is 0 Å². The van der Waals surface area contributed by atoms with E-state index in [1.54, 1.807) is 0 Å². The molecule has 1 heterocycles. The molecular formula is C16H15F2N3. The van der Waals surface area contributed by atoms with Crippen LogP contribution in [0.4, 0.5) is 8.78 Å². The van der Waals surface area contributed by atoms with E-state index in [1.807, 2.05) is 35.9 Å². The van der Waals surface area contributed by atoms with Gasteiger partial charge in [0.15, 0.2) is 0 Å². The van der Waals surface area contributed by atoms with E-state index in [1.165, 1.54) is 12.1 Å². The Hall–Kier alpha value is -2.27. The van der Waals surface area contributed by atoms with Crippen LogP contribution in [0.2, 0.25) is 0 Å². The van der Waals surface area contributed by atoms with Gasteiger partial charge < -0.3 is 10.3 Å². The summed E-state index contributed by atoms with van der Waals surface area (Å²) in [6, 6.07) is 10.6. The lowest BCUT2D eigenvalue weighted by atomic mass is 10.0. The SMILES string of the molecule is Cn1c(CC(N)c2cc(F)cc(F)c2)nc2ccccc21. The van der Waals surface area contributed by atoms with Gasteiger partial charge in [0.25, 0.3) is 0 Å². The van der Waals surface area contributed by atoms with E-state index >= 15 is 0 Å². The zero-order valence-corrected chi connectivity index (χ0v) is 11.6. The molecule has 0 amide bonds. The number of nitrogens with zero attached hydrogens (tertiary/aromatic N) is 2. The van der Waals surface area contributed by atoms with Gasteiger partial charge in [0, 0.05) is 25.6 Å². The Morgan fingerprint density at radius 3 is 2.48 bits per heavy atom. The molecular weight excluding hydrogens is 272 g/mol. The first-order chi connectivity index (χ1) is 10.0. The van der Waals surface area contributed by atoms with Crippen molar-refractivity contribution in [1.29, 1.82) is 0 Å². The van der Waals surface area contributed by atoms with Crippen molar-refractivity contribution in [2.45, 2.75) is 12.5 Å². The largest absolute Gasteiger partial charge is 0.331 e. The molecule has 3 aromatic rings. The van der Waals surface area contributed by atoms with Crippen LogP contribution in [0.25, 0.3) is 11.0 Å². The van der Waals surface area contributed by atoms with E-state index in [0.29, 0.717) is 12.0 Å². The topological polar surface area (TPSA) is 43.8 Å². The van der Waals surface area contributed by atoms with E-state index in [2.05, 4.69) is 4.98 Å². The van der Waals surface area contributed by atoms with Crippen molar-refractivity contribution in [2.75, 3.05) is 0 Å². The Morgan fingerprint density at radius 1 is 1.14 bits per heavy atom. The summed E-state index contributed by atoms with van der Waals surface area (Å²) >= 11 is 0. The highest BCUT2D eigenvalue weighted by Crippen LogP contribution is 2.21. The van der Waals surface area contributed by atoms with Crippen molar-refractivity contribution in [1.82, 2.24) is 9.55 Å². The second kappa shape index (κ2) is 5.26. The third-order valence-electron chi connectivity index (χ3n) is 3.60. The van der Waals surface area contributed by atoms with Crippen molar-refractivity contribution in [3.8, 4) is 0 Å². The van der Waals surface area contributed by atoms with Crippen molar-refractivity contribution < 1.29 is 8.78 Å². The van der Waals surface area contributed by atoms with Crippen LogP contribution in [0.3, 0.4) is 0 Å². The molecule has 3 nitrogen and oxygen atoms in total. The molecule has 0 aliphatic rings. The zero-order valence-electron chi connectivity index (χ0n) is 11.6. The van der Waals surface area contributed by atoms with Gasteiger partial charge in [-0.25, -0.2) is 13.8 Å². The van der Waals surface area contributed by atoms with Gasteiger partial charge in [0.2, 0.25) is 0 Å². The average Bonchev–Trinajstić information content (AvgIpc) is 2.75. The Labute approximate surface area is 121 Å². The lowest BCUT2D eigenvalue weighted by Crippen LogP contribution is -2.16. The van der Waals surface area contributed by atoms with E-state index in [9.17, 15) is 8.78 Å². The molecule has 2 aromatic carbocycles. The number of imidazole rings is 1. The highest BCUT2D eigenvalue weighted by molar-refractivity contribution is 5.75. The smallest absolute Gasteiger partial charge is 0.126 e. The van der Waals surface area contributed by atoms with Crippen LogP contribution in [0, 0.1) is 11.6 Å². The predicted molar refractivity (Wildman–Crippen MR) is 77.7 cm³/mol. The number of nitrogens with two attached hydrogens (primary N) is 1. The molecule has 0 spiro atoms. The first-order valence-electron chi connectivity index (χ1n) is 6.66. The molecule has 5 heteroatoms. The second-order valence-electron chi connectivity index (χ2n) is 5.09. The summed E-state index contributed by atoms with van der Waals surface area (Å²) in [5, 5.41) is 0. The monoisotopic (exact) mass is 287 g/mol. The maximum Gasteiger partial charge on any atom is 0.126 e. The highest BCUT2D eigenvalue weighted by Gasteiger charge is 2.14. The fourth-order valence-corrected chi connectivity index (χ4v) is 2.48. The summed E-state index contributed by atoms with van der Waals surface area (Å²) in [6.07, 6.45) is 0.411. The predicted octanol–water partition coefficient (Wildman–Crippen LogP) is 3.09. The third-order valence-corrected chi connectivity index (χ3v) is 3.60. The van der Waals surface area contributed by atoms with E-state index < -0.39 is 17.7 Å². The Morgan fingerprint density at radius 2 is 1.81 bits per heavy atom. The summed E-state index contributed by atoms with van der Waals surface area (Å²) in [6.45, 7) is 0.